The van der Waals surface area contributed by atoms with Gasteiger partial charge in [-0.05, 0) is 51.3 Å². The topological polar surface area (TPSA) is 44.9 Å². The molecule has 0 aliphatic heterocycles. The molecule has 0 spiro atoms. The zero-order valence-corrected chi connectivity index (χ0v) is 11.1. The maximum atomic E-state index is 11.8. The molecule has 0 saturated heterocycles. The van der Waals surface area contributed by atoms with Gasteiger partial charge in [-0.3, -0.25) is 4.79 Å². The summed E-state index contributed by atoms with van der Waals surface area (Å²) in [5.74, 6) is -0.0931. The molecular weight excluding hydrogens is 288 g/mol. The van der Waals surface area contributed by atoms with Crippen LogP contribution < -0.4 is 5.32 Å². The van der Waals surface area contributed by atoms with Crippen molar-refractivity contribution in [1.82, 2.24) is 10.3 Å². The van der Waals surface area contributed by atoms with Crippen molar-refractivity contribution < 1.29 is 4.79 Å². The van der Waals surface area contributed by atoms with Crippen LogP contribution in [0.15, 0.2) is 33.6 Å². The minimum Gasteiger partial charge on any atom is -0.356 e. The highest BCUT2D eigenvalue weighted by molar-refractivity contribution is 9.10. The molecule has 2 heterocycles. The average molecular weight is 299 g/mol. The van der Waals surface area contributed by atoms with E-state index in [1.165, 1.54) is 0 Å². The van der Waals surface area contributed by atoms with Gasteiger partial charge in [0.05, 0.1) is 6.04 Å². The van der Waals surface area contributed by atoms with Crippen molar-refractivity contribution in [3.8, 4) is 0 Å². The van der Waals surface area contributed by atoms with E-state index in [1.54, 1.807) is 23.6 Å². The number of carbonyl (C=O) groups is 1. The van der Waals surface area contributed by atoms with E-state index < -0.39 is 0 Å². The fourth-order valence-corrected chi connectivity index (χ4v) is 2.48. The molecule has 2 rings (SSSR count). The Bertz CT molecular complexity index is 478. The van der Waals surface area contributed by atoms with Crippen molar-refractivity contribution in [1.29, 1.82) is 0 Å². The summed E-state index contributed by atoms with van der Waals surface area (Å²) in [6.45, 7) is 1.97. The van der Waals surface area contributed by atoms with Gasteiger partial charge in [0.1, 0.15) is 5.69 Å². The molecule has 16 heavy (non-hydrogen) atoms. The lowest BCUT2D eigenvalue weighted by Crippen LogP contribution is -2.26. The lowest BCUT2D eigenvalue weighted by molar-refractivity contribution is 0.0935. The summed E-state index contributed by atoms with van der Waals surface area (Å²) in [6, 6.07) is 3.80. The van der Waals surface area contributed by atoms with E-state index >= 15 is 0 Å². The predicted molar refractivity (Wildman–Crippen MR) is 68.7 cm³/mol. The van der Waals surface area contributed by atoms with Crippen LogP contribution in [0.3, 0.4) is 0 Å². The predicted octanol–water partition coefficient (Wildman–Crippen LogP) is 3.33. The van der Waals surface area contributed by atoms with Crippen LogP contribution in [-0.2, 0) is 0 Å². The van der Waals surface area contributed by atoms with Gasteiger partial charge in [0.25, 0.3) is 5.91 Å². The lowest BCUT2D eigenvalue weighted by Gasteiger charge is -2.11. The molecule has 0 radical (unpaired) electrons. The molecule has 3 nitrogen and oxygen atoms in total. The quantitative estimate of drug-likeness (QED) is 0.897. The van der Waals surface area contributed by atoms with Gasteiger partial charge in [0, 0.05) is 10.7 Å². The fraction of sp³-hybridized carbons (Fsp3) is 0.182. The van der Waals surface area contributed by atoms with Crippen molar-refractivity contribution >= 4 is 33.2 Å². The van der Waals surface area contributed by atoms with Crippen LogP contribution in [0.4, 0.5) is 0 Å². The van der Waals surface area contributed by atoms with E-state index in [2.05, 4.69) is 26.2 Å². The van der Waals surface area contributed by atoms with Gasteiger partial charge in [0.15, 0.2) is 0 Å². The average Bonchev–Trinajstić information content (AvgIpc) is 2.87. The highest BCUT2D eigenvalue weighted by Gasteiger charge is 2.12. The summed E-state index contributed by atoms with van der Waals surface area (Å²) in [5.41, 5.74) is 1.69. The number of aromatic nitrogens is 1. The molecule has 2 aromatic rings. The van der Waals surface area contributed by atoms with Crippen LogP contribution in [0.5, 0.6) is 0 Å². The molecule has 0 fully saturated rings. The molecule has 84 valence electrons. The first-order valence-corrected chi connectivity index (χ1v) is 6.57. The van der Waals surface area contributed by atoms with Crippen LogP contribution in [0, 0.1) is 0 Å². The molecule has 1 amide bonds. The van der Waals surface area contributed by atoms with Crippen molar-refractivity contribution in [3.63, 3.8) is 0 Å². The Hall–Kier alpha value is -1.07. The van der Waals surface area contributed by atoms with E-state index in [-0.39, 0.29) is 11.9 Å². The zero-order valence-electron chi connectivity index (χ0n) is 8.66. The first-order chi connectivity index (χ1) is 7.66. The van der Waals surface area contributed by atoms with Gasteiger partial charge >= 0.3 is 0 Å². The van der Waals surface area contributed by atoms with E-state index in [4.69, 9.17) is 0 Å². The number of halogens is 1. The molecular formula is C11H11BrN2OS. The Balaban J connectivity index is 2.03. The number of amides is 1. The first-order valence-electron chi connectivity index (χ1n) is 4.83. The van der Waals surface area contributed by atoms with Crippen molar-refractivity contribution in [2.75, 3.05) is 0 Å². The third-order valence-corrected chi connectivity index (χ3v) is 3.44. The Morgan fingerprint density at radius 3 is 3.00 bits per heavy atom. The molecule has 0 saturated carbocycles. The molecule has 0 aromatic carbocycles. The standard InChI is InChI=1S/C11H11BrN2OS/c1-7(8-2-3-16-6-8)14-11(15)10-4-9(12)5-13-10/h2-7,13H,1H3,(H,14,15). The molecule has 5 heteroatoms. The normalized spacial score (nSPS) is 12.4. The third-order valence-electron chi connectivity index (χ3n) is 2.28. The number of hydrogen-bond acceptors (Lipinski definition) is 2. The summed E-state index contributed by atoms with van der Waals surface area (Å²) in [5, 5.41) is 6.97. The monoisotopic (exact) mass is 298 g/mol. The van der Waals surface area contributed by atoms with E-state index in [0.29, 0.717) is 5.69 Å². The first kappa shape index (κ1) is 11.4. The zero-order chi connectivity index (χ0) is 11.5. The Morgan fingerprint density at radius 2 is 2.44 bits per heavy atom. The van der Waals surface area contributed by atoms with Crippen molar-refractivity contribution in [3.05, 3.63) is 44.8 Å². The van der Waals surface area contributed by atoms with Crippen LogP contribution in [0.2, 0.25) is 0 Å². The summed E-state index contributed by atoms with van der Waals surface area (Å²) in [6.07, 6.45) is 1.74. The maximum Gasteiger partial charge on any atom is 0.268 e. The van der Waals surface area contributed by atoms with Gasteiger partial charge in [-0.2, -0.15) is 11.3 Å². The SMILES string of the molecule is CC(NC(=O)c1cc(Br)c[nH]1)c1ccsc1. The maximum absolute atomic E-state index is 11.8. The summed E-state index contributed by atoms with van der Waals surface area (Å²) < 4.78 is 0.876. The van der Waals surface area contributed by atoms with E-state index in [1.807, 2.05) is 23.8 Å². The molecule has 2 aromatic heterocycles. The second kappa shape index (κ2) is 4.84. The number of nitrogens with one attached hydrogen (secondary N) is 2. The minimum absolute atomic E-state index is 0.0285. The number of H-pyrrole nitrogens is 1. The molecule has 1 unspecified atom stereocenters. The Kier molecular flexibility index (Phi) is 3.46. The van der Waals surface area contributed by atoms with Gasteiger partial charge in [-0.1, -0.05) is 0 Å². The number of thiophene rings is 1. The summed E-state index contributed by atoms with van der Waals surface area (Å²) >= 11 is 4.92. The van der Waals surface area contributed by atoms with Crippen molar-refractivity contribution in [2.45, 2.75) is 13.0 Å². The van der Waals surface area contributed by atoms with E-state index in [9.17, 15) is 4.79 Å². The third kappa shape index (κ3) is 2.54. The number of rotatable bonds is 3. The number of carbonyl (C=O) groups excluding carboxylic acids is 1. The van der Waals surface area contributed by atoms with Crippen LogP contribution in [0.25, 0.3) is 0 Å². The molecule has 0 aliphatic carbocycles. The van der Waals surface area contributed by atoms with Gasteiger partial charge in [0.2, 0.25) is 0 Å². The molecule has 2 N–H and O–H groups in total. The fourth-order valence-electron chi connectivity index (χ4n) is 1.38. The summed E-state index contributed by atoms with van der Waals surface area (Å²) in [7, 11) is 0. The second-order valence-electron chi connectivity index (χ2n) is 3.48. The van der Waals surface area contributed by atoms with Crippen molar-refractivity contribution in [2.24, 2.45) is 0 Å². The van der Waals surface area contributed by atoms with Gasteiger partial charge < -0.3 is 10.3 Å². The largest absolute Gasteiger partial charge is 0.356 e. The van der Waals surface area contributed by atoms with Gasteiger partial charge in [-0.25, -0.2) is 0 Å². The smallest absolute Gasteiger partial charge is 0.268 e. The molecule has 0 bridgehead atoms. The highest BCUT2D eigenvalue weighted by atomic mass is 79.9. The number of hydrogen-bond donors (Lipinski definition) is 2. The Labute approximate surface area is 106 Å². The lowest BCUT2D eigenvalue weighted by atomic mass is 10.2. The van der Waals surface area contributed by atoms with Crippen LogP contribution >= 0.6 is 27.3 Å². The highest BCUT2D eigenvalue weighted by Crippen LogP contribution is 2.17. The second-order valence-corrected chi connectivity index (χ2v) is 5.18. The van der Waals surface area contributed by atoms with Crippen LogP contribution in [-0.4, -0.2) is 10.9 Å². The van der Waals surface area contributed by atoms with E-state index in [0.717, 1.165) is 10.0 Å². The molecule has 1 atom stereocenters. The number of aromatic amines is 1. The molecule has 0 aliphatic rings. The van der Waals surface area contributed by atoms with Gasteiger partial charge in [-0.15, -0.1) is 0 Å². The summed E-state index contributed by atoms with van der Waals surface area (Å²) in [4.78, 5) is 14.7. The minimum atomic E-state index is -0.0931. The Morgan fingerprint density at radius 1 is 1.62 bits per heavy atom. The van der Waals surface area contributed by atoms with Crippen LogP contribution in [0.1, 0.15) is 29.0 Å².